The number of halogens is 2. The molecule has 1 heterocycles. The van der Waals surface area contributed by atoms with E-state index < -0.39 is 0 Å². The van der Waals surface area contributed by atoms with Crippen LogP contribution >= 0.6 is 24.0 Å². The normalized spacial score (nSPS) is 9.38. The highest BCUT2D eigenvalue weighted by molar-refractivity contribution is 6.33. The first-order chi connectivity index (χ1) is 7.25. The van der Waals surface area contributed by atoms with Crippen molar-refractivity contribution >= 4 is 29.9 Å². The highest BCUT2D eigenvalue weighted by Crippen LogP contribution is 2.12. The van der Waals surface area contributed by atoms with Crippen molar-refractivity contribution in [2.75, 3.05) is 19.6 Å². The Morgan fingerprint density at radius 2 is 2.25 bits per heavy atom. The number of carbonyl (C=O) groups excluding carboxylic acids is 1. The summed E-state index contributed by atoms with van der Waals surface area (Å²) in [7, 11) is 0. The van der Waals surface area contributed by atoms with Crippen molar-refractivity contribution in [1.82, 2.24) is 15.6 Å². The van der Waals surface area contributed by atoms with E-state index >= 15 is 0 Å². The van der Waals surface area contributed by atoms with Crippen molar-refractivity contribution < 1.29 is 4.79 Å². The lowest BCUT2D eigenvalue weighted by molar-refractivity contribution is 0.0954. The Hall–Kier alpha value is -0.840. The molecule has 0 saturated heterocycles. The average molecular weight is 264 g/mol. The third kappa shape index (κ3) is 4.79. The fourth-order valence-corrected chi connectivity index (χ4v) is 1.30. The average Bonchev–Trinajstić information content (AvgIpc) is 2.25. The minimum Gasteiger partial charge on any atom is -0.351 e. The van der Waals surface area contributed by atoms with Gasteiger partial charge in [-0.15, -0.1) is 12.4 Å². The van der Waals surface area contributed by atoms with Gasteiger partial charge in [-0.3, -0.25) is 9.78 Å². The van der Waals surface area contributed by atoms with E-state index in [0.29, 0.717) is 17.1 Å². The summed E-state index contributed by atoms with van der Waals surface area (Å²) in [6.07, 6.45) is 3.01. The third-order valence-electron chi connectivity index (χ3n) is 1.85. The Balaban J connectivity index is 0.00000225. The number of hydrogen-bond acceptors (Lipinski definition) is 3. The molecule has 6 heteroatoms. The van der Waals surface area contributed by atoms with Crippen LogP contribution in [-0.4, -0.2) is 30.5 Å². The maximum atomic E-state index is 11.6. The van der Waals surface area contributed by atoms with Crippen molar-refractivity contribution in [1.29, 1.82) is 0 Å². The summed E-state index contributed by atoms with van der Waals surface area (Å²) in [5.41, 5.74) is 0.461. The van der Waals surface area contributed by atoms with Crippen LogP contribution < -0.4 is 10.6 Å². The van der Waals surface area contributed by atoms with Crippen LogP contribution in [0.4, 0.5) is 0 Å². The van der Waals surface area contributed by atoms with Crippen LogP contribution in [0.2, 0.25) is 5.02 Å². The zero-order valence-corrected chi connectivity index (χ0v) is 10.6. The Kier molecular flexibility index (Phi) is 7.89. The van der Waals surface area contributed by atoms with E-state index in [0.717, 1.165) is 13.1 Å². The van der Waals surface area contributed by atoms with Crippen LogP contribution in [0.15, 0.2) is 18.5 Å². The smallest absolute Gasteiger partial charge is 0.252 e. The van der Waals surface area contributed by atoms with Gasteiger partial charge in [0.25, 0.3) is 5.91 Å². The van der Waals surface area contributed by atoms with E-state index in [-0.39, 0.29) is 18.3 Å². The molecular formula is C10H15Cl2N3O. The minimum atomic E-state index is -0.166. The van der Waals surface area contributed by atoms with Gasteiger partial charge in [0.05, 0.1) is 10.6 Å². The zero-order chi connectivity index (χ0) is 11.1. The largest absolute Gasteiger partial charge is 0.351 e. The van der Waals surface area contributed by atoms with Gasteiger partial charge in [-0.2, -0.15) is 0 Å². The summed E-state index contributed by atoms with van der Waals surface area (Å²) in [6.45, 7) is 4.25. The molecule has 16 heavy (non-hydrogen) atoms. The van der Waals surface area contributed by atoms with Gasteiger partial charge in [0.15, 0.2) is 0 Å². The van der Waals surface area contributed by atoms with E-state index in [9.17, 15) is 4.79 Å². The standard InChI is InChI=1S/C10H14ClN3O.ClH/c1-2-12-5-6-14-10(15)8-3-4-13-7-9(8)11;/h3-4,7,12H,2,5-6H2,1H3,(H,14,15);1H. The minimum absolute atomic E-state index is 0. The summed E-state index contributed by atoms with van der Waals surface area (Å²) < 4.78 is 0. The molecule has 1 aromatic rings. The van der Waals surface area contributed by atoms with Gasteiger partial charge in [0, 0.05) is 25.5 Å². The number of rotatable bonds is 5. The molecule has 0 atom stereocenters. The van der Waals surface area contributed by atoms with Gasteiger partial charge < -0.3 is 10.6 Å². The van der Waals surface area contributed by atoms with E-state index in [1.54, 1.807) is 12.3 Å². The predicted molar refractivity (Wildman–Crippen MR) is 67.4 cm³/mol. The van der Waals surface area contributed by atoms with E-state index in [2.05, 4.69) is 15.6 Å². The van der Waals surface area contributed by atoms with E-state index in [1.165, 1.54) is 6.20 Å². The highest BCUT2D eigenvalue weighted by Gasteiger charge is 2.08. The van der Waals surface area contributed by atoms with Gasteiger partial charge in [-0.05, 0) is 12.6 Å². The van der Waals surface area contributed by atoms with Crippen molar-refractivity contribution in [3.8, 4) is 0 Å². The Labute approximate surface area is 106 Å². The number of amides is 1. The predicted octanol–water partition coefficient (Wildman–Crippen LogP) is 1.50. The third-order valence-corrected chi connectivity index (χ3v) is 2.16. The molecule has 0 spiro atoms. The van der Waals surface area contributed by atoms with Gasteiger partial charge in [0.2, 0.25) is 0 Å². The molecular weight excluding hydrogens is 249 g/mol. The summed E-state index contributed by atoms with van der Waals surface area (Å²) in [5.74, 6) is -0.166. The molecule has 1 aromatic heterocycles. The SMILES string of the molecule is CCNCCNC(=O)c1ccncc1Cl.Cl. The topological polar surface area (TPSA) is 54.0 Å². The van der Waals surface area contributed by atoms with Crippen LogP contribution in [0.1, 0.15) is 17.3 Å². The summed E-state index contributed by atoms with van der Waals surface area (Å²) in [5, 5.41) is 6.24. The Bertz CT molecular complexity index is 334. The highest BCUT2D eigenvalue weighted by atomic mass is 35.5. The van der Waals surface area contributed by atoms with Crippen LogP contribution in [0.5, 0.6) is 0 Å². The first-order valence-corrected chi connectivity index (χ1v) is 5.22. The maximum Gasteiger partial charge on any atom is 0.252 e. The molecule has 0 unspecified atom stereocenters. The fourth-order valence-electron chi connectivity index (χ4n) is 1.10. The van der Waals surface area contributed by atoms with E-state index in [4.69, 9.17) is 11.6 Å². The lowest BCUT2D eigenvalue weighted by atomic mass is 10.2. The quantitative estimate of drug-likeness (QED) is 0.792. The van der Waals surface area contributed by atoms with E-state index in [1.807, 2.05) is 6.92 Å². The van der Waals surface area contributed by atoms with Crippen LogP contribution in [-0.2, 0) is 0 Å². The Morgan fingerprint density at radius 1 is 1.50 bits per heavy atom. The number of likely N-dealkylation sites (N-methyl/N-ethyl adjacent to an activating group) is 1. The molecule has 0 aliphatic heterocycles. The van der Waals surface area contributed by atoms with Gasteiger partial charge in [-0.25, -0.2) is 0 Å². The monoisotopic (exact) mass is 263 g/mol. The summed E-state index contributed by atoms with van der Waals surface area (Å²) in [4.78, 5) is 15.4. The van der Waals surface area contributed by atoms with Crippen molar-refractivity contribution in [3.63, 3.8) is 0 Å². The lowest BCUT2D eigenvalue weighted by Gasteiger charge is -2.06. The molecule has 0 aliphatic rings. The second-order valence-electron chi connectivity index (χ2n) is 2.96. The first kappa shape index (κ1) is 15.2. The van der Waals surface area contributed by atoms with Crippen LogP contribution in [0.3, 0.4) is 0 Å². The number of pyridine rings is 1. The molecule has 0 aromatic carbocycles. The van der Waals surface area contributed by atoms with Gasteiger partial charge >= 0.3 is 0 Å². The molecule has 0 saturated carbocycles. The van der Waals surface area contributed by atoms with Crippen LogP contribution in [0.25, 0.3) is 0 Å². The van der Waals surface area contributed by atoms with Crippen LogP contribution in [0, 0.1) is 0 Å². The second-order valence-corrected chi connectivity index (χ2v) is 3.37. The molecule has 0 fully saturated rings. The van der Waals surface area contributed by atoms with Crippen molar-refractivity contribution in [2.24, 2.45) is 0 Å². The second kappa shape index (κ2) is 8.33. The number of carbonyl (C=O) groups is 1. The number of nitrogens with zero attached hydrogens (tertiary/aromatic N) is 1. The molecule has 2 N–H and O–H groups in total. The summed E-state index contributed by atoms with van der Waals surface area (Å²) >= 11 is 5.82. The van der Waals surface area contributed by atoms with Crippen molar-refractivity contribution in [2.45, 2.75) is 6.92 Å². The fraction of sp³-hybridized carbons (Fsp3) is 0.400. The number of hydrogen-bond donors (Lipinski definition) is 2. The lowest BCUT2D eigenvalue weighted by Crippen LogP contribution is -2.31. The maximum absolute atomic E-state index is 11.6. The first-order valence-electron chi connectivity index (χ1n) is 4.84. The van der Waals surface area contributed by atoms with Gasteiger partial charge in [0.1, 0.15) is 0 Å². The number of nitrogens with one attached hydrogen (secondary N) is 2. The molecule has 90 valence electrons. The zero-order valence-electron chi connectivity index (χ0n) is 9.00. The molecule has 0 bridgehead atoms. The summed E-state index contributed by atoms with van der Waals surface area (Å²) in [6, 6.07) is 1.60. The molecule has 4 nitrogen and oxygen atoms in total. The molecule has 0 aliphatic carbocycles. The van der Waals surface area contributed by atoms with Crippen molar-refractivity contribution in [3.05, 3.63) is 29.0 Å². The molecule has 0 radical (unpaired) electrons. The molecule has 1 amide bonds. The van der Waals surface area contributed by atoms with Gasteiger partial charge in [-0.1, -0.05) is 18.5 Å². The Morgan fingerprint density at radius 3 is 2.88 bits per heavy atom. The molecule has 1 rings (SSSR count). The number of aromatic nitrogens is 1.